The first-order valence-corrected chi connectivity index (χ1v) is 9.88. The van der Waals surface area contributed by atoms with Crippen LogP contribution in [0.1, 0.15) is 78.1 Å². The number of alkyl halides is 2. The lowest BCUT2D eigenvalue weighted by molar-refractivity contribution is -0.145. The molecule has 5 nitrogen and oxygen atoms in total. The zero-order chi connectivity index (χ0) is 20.6. The Morgan fingerprint density at radius 2 is 1.74 bits per heavy atom. The number of rotatable bonds is 13. The van der Waals surface area contributed by atoms with Gasteiger partial charge in [0, 0.05) is 31.6 Å². The van der Waals surface area contributed by atoms with Crippen LogP contribution in [-0.2, 0) is 14.4 Å². The molecule has 0 spiro atoms. The maximum Gasteiger partial charge on any atom is 0.305 e. The molecule has 0 aliphatic heterocycles. The highest BCUT2D eigenvalue weighted by molar-refractivity contribution is 5.86. The summed E-state index contributed by atoms with van der Waals surface area (Å²) in [5, 5.41) is 18.7. The number of ketones is 2. The first-order chi connectivity index (χ1) is 12.5. The predicted molar refractivity (Wildman–Crippen MR) is 96.6 cm³/mol. The summed E-state index contributed by atoms with van der Waals surface area (Å²) in [6.45, 7) is 3.26. The zero-order valence-electron chi connectivity index (χ0n) is 16.3. The third kappa shape index (κ3) is 8.03. The average molecular weight is 390 g/mol. The number of hydrogen-bond donors (Lipinski definition) is 2. The summed E-state index contributed by atoms with van der Waals surface area (Å²) in [6.07, 6.45) is 1.93. The minimum Gasteiger partial charge on any atom is -0.481 e. The van der Waals surface area contributed by atoms with Gasteiger partial charge in [0.25, 0.3) is 0 Å². The molecule has 27 heavy (non-hydrogen) atoms. The van der Waals surface area contributed by atoms with E-state index in [0.717, 1.165) is 19.3 Å². The Morgan fingerprint density at radius 1 is 1.11 bits per heavy atom. The smallest absolute Gasteiger partial charge is 0.305 e. The number of carboxylic acid groups (broad SMARTS) is 1. The molecule has 1 rings (SSSR count). The molecule has 0 radical (unpaired) electrons. The molecule has 7 heteroatoms. The van der Waals surface area contributed by atoms with Crippen molar-refractivity contribution in [2.75, 3.05) is 0 Å². The quantitative estimate of drug-likeness (QED) is 0.464. The molecule has 0 aromatic carbocycles. The fourth-order valence-corrected chi connectivity index (χ4v) is 3.89. The minimum absolute atomic E-state index is 0.0188. The largest absolute Gasteiger partial charge is 0.481 e. The van der Waals surface area contributed by atoms with Crippen LogP contribution in [0.3, 0.4) is 0 Å². The van der Waals surface area contributed by atoms with Crippen molar-refractivity contribution in [3.63, 3.8) is 0 Å². The molecule has 1 unspecified atom stereocenters. The summed E-state index contributed by atoms with van der Waals surface area (Å²) in [5.41, 5.74) is 0. The monoisotopic (exact) mass is 390 g/mol. The van der Waals surface area contributed by atoms with Crippen LogP contribution in [0.25, 0.3) is 0 Å². The van der Waals surface area contributed by atoms with Gasteiger partial charge in [0.05, 0.1) is 6.10 Å². The molecule has 0 saturated heterocycles. The SMILES string of the molecule is CC(C)CC(F)(F)C(=O)CC[C@@H]1C(CCCCCCC(=O)O)C(=O)C[C@H]1O. The third-order valence-electron chi connectivity index (χ3n) is 5.27. The second-order valence-corrected chi connectivity index (χ2v) is 8.12. The van der Waals surface area contributed by atoms with Crippen molar-refractivity contribution < 1.29 is 33.4 Å². The number of carbonyl (C=O) groups excluding carboxylic acids is 2. The Balaban J connectivity index is 2.48. The fraction of sp³-hybridized carbons (Fsp3) is 0.850. The van der Waals surface area contributed by atoms with Gasteiger partial charge >= 0.3 is 11.9 Å². The lowest BCUT2D eigenvalue weighted by atomic mass is 9.84. The second-order valence-electron chi connectivity index (χ2n) is 8.12. The highest BCUT2D eigenvalue weighted by Gasteiger charge is 2.43. The highest BCUT2D eigenvalue weighted by atomic mass is 19.3. The zero-order valence-corrected chi connectivity index (χ0v) is 16.3. The molecule has 0 aromatic rings. The number of aliphatic carboxylic acids is 1. The van der Waals surface area contributed by atoms with E-state index >= 15 is 0 Å². The van der Waals surface area contributed by atoms with Crippen LogP contribution < -0.4 is 0 Å². The summed E-state index contributed by atoms with van der Waals surface area (Å²) >= 11 is 0. The van der Waals surface area contributed by atoms with E-state index in [9.17, 15) is 28.3 Å². The van der Waals surface area contributed by atoms with E-state index in [1.807, 2.05) is 0 Å². The van der Waals surface area contributed by atoms with Gasteiger partial charge in [0.15, 0.2) is 0 Å². The lowest BCUT2D eigenvalue weighted by Crippen LogP contribution is -2.31. The molecule has 156 valence electrons. The van der Waals surface area contributed by atoms with Gasteiger partial charge in [0.2, 0.25) is 5.78 Å². The van der Waals surface area contributed by atoms with Gasteiger partial charge in [-0.2, -0.15) is 8.78 Å². The van der Waals surface area contributed by atoms with Crippen LogP contribution in [0.4, 0.5) is 8.78 Å². The van der Waals surface area contributed by atoms with Crippen molar-refractivity contribution >= 4 is 17.5 Å². The maximum absolute atomic E-state index is 13.9. The standard InChI is InChI=1S/C20H32F2O5/c1-13(2)12-20(21,22)18(25)10-9-15-14(16(23)11-17(15)24)7-5-3-4-6-8-19(26)27/h13-15,17,24H,3-12H2,1-2H3,(H,26,27)/t14?,15-,17-/m1/s1. The van der Waals surface area contributed by atoms with Gasteiger partial charge in [-0.25, -0.2) is 0 Å². The molecule has 2 N–H and O–H groups in total. The summed E-state index contributed by atoms with van der Waals surface area (Å²) in [7, 11) is 0. The molecular formula is C20H32F2O5. The molecule has 0 aromatic heterocycles. The Bertz CT molecular complexity index is 519. The van der Waals surface area contributed by atoms with Crippen LogP contribution in [0, 0.1) is 17.8 Å². The van der Waals surface area contributed by atoms with Gasteiger partial charge in [-0.3, -0.25) is 14.4 Å². The molecule has 1 aliphatic carbocycles. The number of aliphatic hydroxyl groups excluding tert-OH is 1. The molecule has 0 amide bonds. The van der Waals surface area contributed by atoms with E-state index in [0.29, 0.717) is 12.8 Å². The third-order valence-corrected chi connectivity index (χ3v) is 5.27. The summed E-state index contributed by atoms with van der Waals surface area (Å²) in [5.74, 6) is -6.52. The number of halogens is 2. The topological polar surface area (TPSA) is 91.7 Å². The Hall–Kier alpha value is -1.37. The number of hydrogen-bond acceptors (Lipinski definition) is 4. The van der Waals surface area contributed by atoms with E-state index in [-0.39, 0.29) is 37.4 Å². The Kier molecular flexibility index (Phi) is 9.50. The molecule has 0 bridgehead atoms. The highest BCUT2D eigenvalue weighted by Crippen LogP contribution is 2.37. The fourth-order valence-electron chi connectivity index (χ4n) is 3.89. The van der Waals surface area contributed by atoms with Gasteiger partial charge in [0.1, 0.15) is 5.78 Å². The van der Waals surface area contributed by atoms with Crippen molar-refractivity contribution in [3.8, 4) is 0 Å². The molecule has 3 atom stereocenters. The van der Waals surface area contributed by atoms with Crippen molar-refractivity contribution in [2.24, 2.45) is 17.8 Å². The number of carbonyl (C=O) groups is 3. The van der Waals surface area contributed by atoms with E-state index in [4.69, 9.17) is 5.11 Å². The van der Waals surface area contributed by atoms with Gasteiger partial charge in [-0.1, -0.05) is 33.1 Å². The first kappa shape index (κ1) is 23.7. The van der Waals surface area contributed by atoms with Gasteiger partial charge < -0.3 is 10.2 Å². The first-order valence-electron chi connectivity index (χ1n) is 9.88. The maximum atomic E-state index is 13.9. The Morgan fingerprint density at radius 3 is 2.33 bits per heavy atom. The molecule has 0 heterocycles. The van der Waals surface area contributed by atoms with Crippen LogP contribution >= 0.6 is 0 Å². The predicted octanol–water partition coefficient (Wildman–Crippen LogP) is 4.01. The lowest BCUT2D eigenvalue weighted by Gasteiger charge is -2.22. The summed E-state index contributed by atoms with van der Waals surface area (Å²) in [4.78, 5) is 34.5. The van der Waals surface area contributed by atoms with Crippen LogP contribution in [0.2, 0.25) is 0 Å². The van der Waals surface area contributed by atoms with Crippen LogP contribution in [0.15, 0.2) is 0 Å². The minimum atomic E-state index is -3.36. The Labute approximate surface area is 159 Å². The van der Waals surface area contributed by atoms with Gasteiger partial charge in [-0.15, -0.1) is 0 Å². The normalized spacial score (nSPS) is 23.2. The second kappa shape index (κ2) is 10.8. The summed E-state index contributed by atoms with van der Waals surface area (Å²) in [6, 6.07) is 0. The average Bonchev–Trinajstić information content (AvgIpc) is 2.80. The van der Waals surface area contributed by atoms with E-state index in [1.54, 1.807) is 13.8 Å². The number of carboxylic acids is 1. The van der Waals surface area contributed by atoms with Gasteiger partial charge in [-0.05, 0) is 31.1 Å². The summed E-state index contributed by atoms with van der Waals surface area (Å²) < 4.78 is 27.7. The van der Waals surface area contributed by atoms with Crippen molar-refractivity contribution in [1.29, 1.82) is 0 Å². The molecule has 1 fully saturated rings. The van der Waals surface area contributed by atoms with Crippen molar-refractivity contribution in [1.82, 2.24) is 0 Å². The molecule has 1 saturated carbocycles. The van der Waals surface area contributed by atoms with E-state index in [1.165, 1.54) is 0 Å². The van der Waals surface area contributed by atoms with Crippen LogP contribution in [0.5, 0.6) is 0 Å². The number of unbranched alkanes of at least 4 members (excludes halogenated alkanes) is 3. The van der Waals surface area contributed by atoms with E-state index < -0.39 is 42.0 Å². The van der Waals surface area contributed by atoms with Crippen LogP contribution in [-0.4, -0.2) is 39.8 Å². The number of aliphatic hydroxyl groups is 1. The number of Topliss-reactive ketones (excluding diaryl/α,β-unsaturated/α-hetero) is 2. The molecule has 1 aliphatic rings. The van der Waals surface area contributed by atoms with E-state index in [2.05, 4.69) is 0 Å². The molecular weight excluding hydrogens is 358 g/mol. The van der Waals surface area contributed by atoms with Crippen molar-refractivity contribution in [3.05, 3.63) is 0 Å². The van der Waals surface area contributed by atoms with Crippen molar-refractivity contribution in [2.45, 2.75) is 90.1 Å².